The Morgan fingerprint density at radius 1 is 1.14 bits per heavy atom. The van der Waals surface area contributed by atoms with Crippen LogP contribution in [0.3, 0.4) is 0 Å². The van der Waals surface area contributed by atoms with E-state index in [1.807, 2.05) is 25.1 Å². The summed E-state index contributed by atoms with van der Waals surface area (Å²) in [6.07, 6.45) is -6.07. The van der Waals surface area contributed by atoms with Crippen LogP contribution in [-0.2, 0) is 6.18 Å². The molecule has 146 valence electrons. The second kappa shape index (κ2) is 7.59. The van der Waals surface area contributed by atoms with Crippen molar-refractivity contribution < 1.29 is 23.1 Å². The number of aliphatic hydroxyl groups is 1. The van der Waals surface area contributed by atoms with Gasteiger partial charge in [-0.15, -0.1) is 0 Å². The number of halogens is 3. The first-order valence-corrected chi connectivity index (χ1v) is 8.67. The number of hydrogen-bond donors (Lipinski definition) is 2. The number of aliphatic hydroxyl groups excluding tert-OH is 1. The molecule has 0 aliphatic rings. The molecule has 0 fully saturated rings. The molecule has 0 saturated carbocycles. The topological polar surface area (TPSA) is 62.2 Å². The minimum Gasteiger partial charge on any atom is -0.387 e. The van der Waals surface area contributed by atoms with Gasteiger partial charge in [-0.25, -0.2) is 0 Å². The highest BCUT2D eigenvalue weighted by Gasteiger charge is 2.34. The van der Waals surface area contributed by atoms with Gasteiger partial charge in [-0.3, -0.25) is 9.78 Å². The highest BCUT2D eigenvalue weighted by Crippen LogP contribution is 2.34. The van der Waals surface area contributed by atoms with Crippen LogP contribution in [-0.4, -0.2) is 22.5 Å². The molecule has 3 aromatic rings. The molecule has 2 aromatic carbocycles. The Morgan fingerprint density at radius 3 is 2.57 bits per heavy atom. The third kappa shape index (κ3) is 4.14. The van der Waals surface area contributed by atoms with Gasteiger partial charge in [-0.1, -0.05) is 29.8 Å². The second-order valence-electron chi connectivity index (χ2n) is 6.63. The minimum absolute atomic E-state index is 0.278. The van der Waals surface area contributed by atoms with Crippen molar-refractivity contribution in [1.82, 2.24) is 10.3 Å². The monoisotopic (exact) mass is 388 g/mol. The summed E-state index contributed by atoms with van der Waals surface area (Å²) in [6.45, 7) is 3.26. The predicted molar refractivity (Wildman–Crippen MR) is 100.0 cm³/mol. The van der Waals surface area contributed by atoms with Crippen LogP contribution >= 0.6 is 0 Å². The van der Waals surface area contributed by atoms with Gasteiger partial charge < -0.3 is 10.4 Å². The molecule has 28 heavy (non-hydrogen) atoms. The quantitative estimate of drug-likeness (QED) is 0.699. The van der Waals surface area contributed by atoms with Crippen molar-refractivity contribution in [2.45, 2.75) is 26.1 Å². The van der Waals surface area contributed by atoms with E-state index in [-0.39, 0.29) is 12.1 Å². The maximum atomic E-state index is 13.1. The lowest BCUT2D eigenvalue weighted by Gasteiger charge is -2.18. The normalized spacial score (nSPS) is 12.8. The lowest BCUT2D eigenvalue weighted by Crippen LogP contribution is -2.30. The number of carbonyl (C=O) groups is 1. The smallest absolute Gasteiger partial charge is 0.387 e. The first-order chi connectivity index (χ1) is 13.2. The number of carbonyl (C=O) groups excluding carboxylic acids is 1. The highest BCUT2D eigenvalue weighted by atomic mass is 19.4. The maximum absolute atomic E-state index is 13.1. The van der Waals surface area contributed by atoms with E-state index < -0.39 is 23.8 Å². The number of hydrogen-bond acceptors (Lipinski definition) is 3. The molecule has 0 radical (unpaired) electrons. The SMILES string of the molecule is Cc1ccc2nc(C)c(C(=O)NC[C@H](O)c3ccccc3C(F)(F)F)cc2c1. The number of aromatic nitrogens is 1. The van der Waals surface area contributed by atoms with Crippen LogP contribution in [0.4, 0.5) is 13.2 Å². The number of nitrogens with zero attached hydrogens (tertiary/aromatic N) is 1. The predicted octanol–water partition coefficient (Wildman–Crippen LogP) is 4.33. The van der Waals surface area contributed by atoms with Crippen LogP contribution in [0.15, 0.2) is 48.5 Å². The first-order valence-electron chi connectivity index (χ1n) is 8.67. The zero-order valence-corrected chi connectivity index (χ0v) is 15.3. The number of benzene rings is 2. The zero-order valence-electron chi connectivity index (χ0n) is 15.3. The van der Waals surface area contributed by atoms with E-state index in [9.17, 15) is 23.1 Å². The number of aryl methyl sites for hydroxylation is 2. The van der Waals surface area contributed by atoms with Gasteiger partial charge in [-0.05, 0) is 43.7 Å². The first kappa shape index (κ1) is 19.8. The van der Waals surface area contributed by atoms with E-state index in [0.29, 0.717) is 11.3 Å². The third-order valence-electron chi connectivity index (χ3n) is 4.49. The summed E-state index contributed by atoms with van der Waals surface area (Å²) >= 11 is 0. The third-order valence-corrected chi connectivity index (χ3v) is 4.49. The zero-order chi connectivity index (χ0) is 20.5. The summed E-state index contributed by atoms with van der Waals surface area (Å²) in [6, 6.07) is 12.1. The Bertz CT molecular complexity index is 1030. The van der Waals surface area contributed by atoms with Crippen molar-refractivity contribution in [3.8, 4) is 0 Å². The van der Waals surface area contributed by atoms with Gasteiger partial charge in [0.05, 0.1) is 28.4 Å². The van der Waals surface area contributed by atoms with Crippen molar-refractivity contribution in [2.24, 2.45) is 0 Å². The van der Waals surface area contributed by atoms with E-state index in [0.717, 1.165) is 22.5 Å². The van der Waals surface area contributed by atoms with Crippen molar-refractivity contribution >= 4 is 16.8 Å². The van der Waals surface area contributed by atoms with E-state index in [1.54, 1.807) is 13.0 Å². The number of fused-ring (bicyclic) bond motifs is 1. The Labute approximate surface area is 160 Å². The molecule has 0 unspecified atom stereocenters. The van der Waals surface area contributed by atoms with Crippen LogP contribution in [0.1, 0.15) is 38.8 Å². The van der Waals surface area contributed by atoms with Gasteiger partial charge in [0, 0.05) is 11.9 Å². The molecule has 0 spiro atoms. The Morgan fingerprint density at radius 2 is 1.86 bits per heavy atom. The average molecular weight is 388 g/mol. The number of amides is 1. The molecule has 2 N–H and O–H groups in total. The maximum Gasteiger partial charge on any atom is 0.416 e. The standard InChI is InChI=1S/C21H19F3N2O2/c1-12-7-8-18-14(9-12)10-16(13(2)26-18)20(28)25-11-19(27)15-5-3-4-6-17(15)21(22,23)24/h3-10,19,27H,11H2,1-2H3,(H,25,28)/t19-/m0/s1. The summed E-state index contributed by atoms with van der Waals surface area (Å²) in [5.74, 6) is -0.503. The lowest BCUT2D eigenvalue weighted by molar-refractivity contribution is -0.139. The Kier molecular flexibility index (Phi) is 5.38. The molecular weight excluding hydrogens is 369 g/mol. The van der Waals surface area contributed by atoms with Gasteiger partial charge >= 0.3 is 6.18 Å². The average Bonchev–Trinajstić information content (AvgIpc) is 2.65. The minimum atomic E-state index is -4.59. The van der Waals surface area contributed by atoms with Gasteiger partial charge in [0.1, 0.15) is 0 Å². The van der Waals surface area contributed by atoms with Crippen LogP contribution in [0.2, 0.25) is 0 Å². The molecule has 3 rings (SSSR count). The number of rotatable bonds is 4. The van der Waals surface area contributed by atoms with Crippen LogP contribution in [0.25, 0.3) is 10.9 Å². The summed E-state index contributed by atoms with van der Waals surface area (Å²) in [5.41, 5.74) is 1.38. The summed E-state index contributed by atoms with van der Waals surface area (Å²) in [4.78, 5) is 16.9. The van der Waals surface area contributed by atoms with Gasteiger partial charge in [-0.2, -0.15) is 13.2 Å². The fourth-order valence-electron chi connectivity index (χ4n) is 3.06. The summed E-state index contributed by atoms with van der Waals surface area (Å²) < 4.78 is 39.3. The van der Waals surface area contributed by atoms with Crippen LogP contribution < -0.4 is 5.32 Å². The molecule has 1 amide bonds. The van der Waals surface area contributed by atoms with Gasteiger partial charge in [0.15, 0.2) is 0 Å². The fraction of sp³-hybridized carbons (Fsp3) is 0.238. The van der Waals surface area contributed by atoms with E-state index in [1.165, 1.54) is 18.2 Å². The van der Waals surface area contributed by atoms with Crippen LogP contribution in [0.5, 0.6) is 0 Å². The van der Waals surface area contributed by atoms with Gasteiger partial charge in [0.2, 0.25) is 0 Å². The lowest BCUT2D eigenvalue weighted by atomic mass is 10.0. The highest BCUT2D eigenvalue weighted by molar-refractivity contribution is 5.98. The van der Waals surface area contributed by atoms with E-state index >= 15 is 0 Å². The number of nitrogens with one attached hydrogen (secondary N) is 1. The van der Waals surface area contributed by atoms with Crippen molar-refractivity contribution in [3.63, 3.8) is 0 Å². The van der Waals surface area contributed by atoms with E-state index in [2.05, 4.69) is 10.3 Å². The molecular formula is C21H19F3N2O2. The molecule has 1 aromatic heterocycles. The second-order valence-corrected chi connectivity index (χ2v) is 6.63. The fourth-order valence-corrected chi connectivity index (χ4v) is 3.06. The molecule has 0 aliphatic carbocycles. The molecule has 1 atom stereocenters. The number of alkyl halides is 3. The molecule has 7 heteroatoms. The molecule has 1 heterocycles. The molecule has 0 aliphatic heterocycles. The van der Waals surface area contributed by atoms with Crippen molar-refractivity contribution in [1.29, 1.82) is 0 Å². The van der Waals surface area contributed by atoms with Gasteiger partial charge in [0.25, 0.3) is 5.91 Å². The Balaban J connectivity index is 1.79. The largest absolute Gasteiger partial charge is 0.416 e. The molecule has 0 saturated heterocycles. The summed E-state index contributed by atoms with van der Waals surface area (Å²) in [7, 11) is 0. The number of pyridine rings is 1. The van der Waals surface area contributed by atoms with Crippen molar-refractivity contribution in [3.05, 3.63) is 76.5 Å². The Hall–Kier alpha value is -2.93. The summed E-state index contributed by atoms with van der Waals surface area (Å²) in [5, 5.41) is 13.5. The van der Waals surface area contributed by atoms with E-state index in [4.69, 9.17) is 0 Å². The molecule has 4 nitrogen and oxygen atoms in total. The molecule has 0 bridgehead atoms. The van der Waals surface area contributed by atoms with Crippen LogP contribution in [0, 0.1) is 13.8 Å². The van der Waals surface area contributed by atoms with Crippen molar-refractivity contribution in [2.75, 3.05) is 6.54 Å².